The molecule has 0 saturated carbocycles. The Kier molecular flexibility index (Phi) is 4.43. The lowest BCUT2D eigenvalue weighted by Gasteiger charge is -2.07. The zero-order valence-corrected chi connectivity index (χ0v) is 12.7. The normalized spacial score (nSPS) is 15.5. The topological polar surface area (TPSA) is 48.4 Å². The van der Waals surface area contributed by atoms with Crippen LogP contribution in [0, 0.1) is 0 Å². The maximum atomic E-state index is 11.8. The lowest BCUT2D eigenvalue weighted by atomic mass is 10.2. The summed E-state index contributed by atoms with van der Waals surface area (Å²) >= 11 is 1.58. The molecule has 1 saturated heterocycles. The van der Waals surface area contributed by atoms with Gasteiger partial charge in [-0.05, 0) is 6.42 Å². The third kappa shape index (κ3) is 3.37. The van der Waals surface area contributed by atoms with Crippen molar-refractivity contribution >= 4 is 17.1 Å². The van der Waals surface area contributed by atoms with Gasteiger partial charge in [-0.15, -0.1) is 11.3 Å². The van der Waals surface area contributed by atoms with Crippen LogP contribution in [0.15, 0.2) is 30.3 Å². The Bertz CT molecular complexity index is 618. The maximum Gasteiger partial charge on any atom is 0.179 e. The van der Waals surface area contributed by atoms with E-state index in [1.807, 2.05) is 30.3 Å². The number of hydrogen-bond donors (Lipinski definition) is 0. The van der Waals surface area contributed by atoms with Gasteiger partial charge in [-0.2, -0.15) is 0 Å². The molecule has 2 aromatic rings. The molecule has 1 aliphatic rings. The number of thiazole rings is 1. The first-order valence-electron chi connectivity index (χ1n) is 7.03. The van der Waals surface area contributed by atoms with Gasteiger partial charge in [-0.25, -0.2) is 4.98 Å². The van der Waals surface area contributed by atoms with E-state index < -0.39 is 0 Å². The first-order chi connectivity index (χ1) is 10.2. The predicted molar refractivity (Wildman–Crippen MR) is 81.6 cm³/mol. The fourth-order valence-electron chi connectivity index (χ4n) is 2.32. The monoisotopic (exact) mass is 303 g/mol. The molecule has 0 radical (unpaired) electrons. The highest BCUT2D eigenvalue weighted by atomic mass is 32.1. The number of ether oxygens (including phenoxy) is 2. The molecule has 0 N–H and O–H groups in total. The summed E-state index contributed by atoms with van der Waals surface area (Å²) in [6.07, 6.45) is 1.37. The average molecular weight is 303 g/mol. The number of carbonyl (C=O) groups excluding carboxylic acids is 1. The highest BCUT2D eigenvalue weighted by Crippen LogP contribution is 2.30. The lowest BCUT2D eigenvalue weighted by Crippen LogP contribution is -2.09. The van der Waals surface area contributed by atoms with Crippen LogP contribution < -0.4 is 0 Å². The van der Waals surface area contributed by atoms with Crippen molar-refractivity contribution in [2.75, 3.05) is 13.2 Å². The Hall–Kier alpha value is -1.56. The van der Waals surface area contributed by atoms with Crippen molar-refractivity contribution in [1.29, 1.82) is 0 Å². The van der Waals surface area contributed by atoms with Crippen molar-refractivity contribution in [3.05, 3.63) is 40.9 Å². The van der Waals surface area contributed by atoms with Crippen LogP contribution in [-0.2, 0) is 15.9 Å². The number of benzene rings is 1. The van der Waals surface area contributed by atoms with Gasteiger partial charge in [0.2, 0.25) is 0 Å². The van der Waals surface area contributed by atoms with Crippen molar-refractivity contribution in [1.82, 2.24) is 4.98 Å². The Labute approximate surface area is 127 Å². The summed E-state index contributed by atoms with van der Waals surface area (Å²) in [6.45, 7) is 2.88. The maximum absolute atomic E-state index is 11.8. The summed E-state index contributed by atoms with van der Waals surface area (Å²) in [7, 11) is 0. The number of aromatic nitrogens is 1. The molecular formula is C16H17NO3S. The van der Waals surface area contributed by atoms with Crippen molar-refractivity contribution in [3.63, 3.8) is 0 Å². The quantitative estimate of drug-likeness (QED) is 0.795. The minimum absolute atomic E-state index is 0.0108. The summed E-state index contributed by atoms with van der Waals surface area (Å²) in [5, 5.41) is 0.893. The van der Waals surface area contributed by atoms with E-state index in [9.17, 15) is 4.79 Å². The zero-order chi connectivity index (χ0) is 14.7. The van der Waals surface area contributed by atoms with Crippen LogP contribution >= 0.6 is 11.3 Å². The number of hydrogen-bond acceptors (Lipinski definition) is 5. The van der Waals surface area contributed by atoms with Gasteiger partial charge in [0, 0.05) is 23.8 Å². The Morgan fingerprint density at radius 1 is 1.29 bits per heavy atom. The van der Waals surface area contributed by atoms with Gasteiger partial charge >= 0.3 is 0 Å². The van der Waals surface area contributed by atoms with Crippen LogP contribution in [-0.4, -0.2) is 30.3 Å². The highest BCUT2D eigenvalue weighted by Gasteiger charge is 2.20. The predicted octanol–water partition coefficient (Wildman–Crippen LogP) is 3.32. The number of ketones is 1. The van der Waals surface area contributed by atoms with Gasteiger partial charge in [0.25, 0.3) is 0 Å². The van der Waals surface area contributed by atoms with Gasteiger partial charge < -0.3 is 9.47 Å². The molecule has 1 aliphatic heterocycles. The van der Waals surface area contributed by atoms with Crippen molar-refractivity contribution in [3.8, 4) is 10.6 Å². The molecule has 0 spiro atoms. The molecule has 0 atom stereocenters. The molecule has 0 aliphatic carbocycles. The molecule has 0 bridgehead atoms. The third-order valence-corrected chi connectivity index (χ3v) is 4.51. The molecule has 5 heteroatoms. The molecule has 110 valence electrons. The van der Waals surface area contributed by atoms with Gasteiger partial charge in [0.1, 0.15) is 10.7 Å². The molecule has 0 amide bonds. The third-order valence-electron chi connectivity index (χ3n) is 3.35. The Morgan fingerprint density at radius 2 is 2.00 bits per heavy atom. The second-order valence-corrected chi connectivity index (χ2v) is 6.01. The smallest absolute Gasteiger partial charge is 0.179 e. The van der Waals surface area contributed by atoms with Crippen LogP contribution in [0.5, 0.6) is 0 Å². The summed E-state index contributed by atoms with van der Waals surface area (Å²) in [5.41, 5.74) is 1.63. The van der Waals surface area contributed by atoms with Gasteiger partial charge in [-0.3, -0.25) is 4.79 Å². The molecule has 1 aromatic carbocycles. The Morgan fingerprint density at radius 3 is 2.67 bits per heavy atom. The van der Waals surface area contributed by atoms with Crippen LogP contribution in [0.4, 0.5) is 0 Å². The minimum Gasteiger partial charge on any atom is -0.350 e. The molecule has 1 fully saturated rings. The molecule has 2 heterocycles. The van der Waals surface area contributed by atoms with E-state index in [1.54, 1.807) is 18.3 Å². The molecule has 4 nitrogen and oxygen atoms in total. The SMILES string of the molecule is CC(=O)c1nc(-c2ccccc2)sc1CCC1OCCO1. The standard InChI is InChI=1S/C16H17NO3S/c1-11(18)15-13(7-8-14-19-9-10-20-14)21-16(17-15)12-5-3-2-4-6-12/h2-6,14H,7-10H2,1H3. The van der Waals surface area contributed by atoms with Gasteiger partial charge in [0.05, 0.1) is 13.2 Å². The van der Waals surface area contributed by atoms with E-state index in [2.05, 4.69) is 4.98 Å². The summed E-state index contributed by atoms with van der Waals surface area (Å²) in [5.74, 6) is 0.0108. The summed E-state index contributed by atoms with van der Waals surface area (Å²) in [4.78, 5) is 17.3. The van der Waals surface area contributed by atoms with E-state index in [4.69, 9.17) is 9.47 Å². The second kappa shape index (κ2) is 6.47. The van der Waals surface area contributed by atoms with E-state index in [0.717, 1.165) is 28.3 Å². The van der Waals surface area contributed by atoms with E-state index in [0.29, 0.717) is 18.9 Å². The summed E-state index contributed by atoms with van der Waals surface area (Å²) < 4.78 is 10.9. The molecule has 1 aromatic heterocycles. The van der Waals surface area contributed by atoms with Crippen molar-refractivity contribution in [2.45, 2.75) is 26.1 Å². The number of Topliss-reactive ketones (excluding diaryl/α,β-unsaturated/α-hetero) is 1. The number of rotatable bonds is 5. The number of aryl methyl sites for hydroxylation is 1. The highest BCUT2D eigenvalue weighted by molar-refractivity contribution is 7.15. The van der Waals surface area contributed by atoms with Gasteiger partial charge in [0.15, 0.2) is 12.1 Å². The second-order valence-electron chi connectivity index (χ2n) is 4.92. The minimum atomic E-state index is -0.146. The molecule has 0 unspecified atom stereocenters. The van der Waals surface area contributed by atoms with Crippen LogP contribution in [0.25, 0.3) is 10.6 Å². The molecule has 21 heavy (non-hydrogen) atoms. The molecular weight excluding hydrogens is 286 g/mol. The Balaban J connectivity index is 1.81. The zero-order valence-electron chi connectivity index (χ0n) is 11.9. The lowest BCUT2D eigenvalue weighted by molar-refractivity contribution is -0.0461. The van der Waals surface area contributed by atoms with Crippen LogP contribution in [0.1, 0.15) is 28.7 Å². The fraction of sp³-hybridized carbons (Fsp3) is 0.375. The van der Waals surface area contributed by atoms with Crippen molar-refractivity contribution < 1.29 is 14.3 Å². The van der Waals surface area contributed by atoms with E-state index >= 15 is 0 Å². The first-order valence-corrected chi connectivity index (χ1v) is 7.85. The van der Waals surface area contributed by atoms with Gasteiger partial charge in [-0.1, -0.05) is 30.3 Å². The van der Waals surface area contributed by atoms with Crippen LogP contribution in [0.2, 0.25) is 0 Å². The average Bonchev–Trinajstić information content (AvgIpc) is 3.15. The van der Waals surface area contributed by atoms with E-state index in [1.165, 1.54) is 0 Å². The fourth-order valence-corrected chi connectivity index (χ4v) is 3.45. The van der Waals surface area contributed by atoms with E-state index in [-0.39, 0.29) is 12.1 Å². The van der Waals surface area contributed by atoms with Crippen molar-refractivity contribution in [2.24, 2.45) is 0 Å². The summed E-state index contributed by atoms with van der Waals surface area (Å²) in [6, 6.07) is 9.94. The number of nitrogens with zero attached hydrogens (tertiary/aromatic N) is 1. The first kappa shape index (κ1) is 14.4. The van der Waals surface area contributed by atoms with Crippen LogP contribution in [0.3, 0.4) is 0 Å². The number of carbonyl (C=O) groups is 1. The molecule has 3 rings (SSSR count). The largest absolute Gasteiger partial charge is 0.350 e.